The van der Waals surface area contributed by atoms with Crippen molar-refractivity contribution in [2.24, 2.45) is 0 Å². The van der Waals surface area contributed by atoms with Gasteiger partial charge in [-0.1, -0.05) is 54.1 Å². The van der Waals surface area contributed by atoms with E-state index in [0.29, 0.717) is 11.5 Å². The van der Waals surface area contributed by atoms with Crippen molar-refractivity contribution in [1.29, 1.82) is 5.26 Å². The zero-order chi connectivity index (χ0) is 20.5. The van der Waals surface area contributed by atoms with Gasteiger partial charge in [0.05, 0.1) is 23.0 Å². The van der Waals surface area contributed by atoms with Gasteiger partial charge in [-0.3, -0.25) is 0 Å². The van der Waals surface area contributed by atoms with Crippen LogP contribution in [0, 0.1) is 11.3 Å². The lowest BCUT2D eigenvalue weighted by molar-refractivity contribution is 0.888. The Hall–Kier alpha value is -3.68. The van der Waals surface area contributed by atoms with Crippen LogP contribution in [-0.2, 0) is 12.8 Å². The van der Waals surface area contributed by atoms with E-state index in [2.05, 4.69) is 29.6 Å². The van der Waals surface area contributed by atoms with Crippen LogP contribution in [0.2, 0.25) is 5.02 Å². The molecule has 0 amide bonds. The summed E-state index contributed by atoms with van der Waals surface area (Å²) in [5.74, 6) is 0.528. The SMILES string of the molecule is N#Cc1cccc(Nc2nc3c(c(-c4ccccc4)n2)-c2ccc(Cl)cc2CC3)c1. The number of halogens is 1. The number of anilines is 2. The number of hydrogen-bond donors (Lipinski definition) is 1. The molecule has 144 valence electrons. The van der Waals surface area contributed by atoms with Gasteiger partial charge in [0, 0.05) is 21.8 Å². The lowest BCUT2D eigenvalue weighted by atomic mass is 9.86. The lowest BCUT2D eigenvalue weighted by Gasteiger charge is -2.23. The normalized spacial score (nSPS) is 11.9. The minimum atomic E-state index is 0.528. The molecule has 0 aliphatic heterocycles. The Morgan fingerprint density at radius 2 is 1.77 bits per heavy atom. The minimum absolute atomic E-state index is 0.528. The van der Waals surface area contributed by atoms with Crippen molar-refractivity contribution in [2.75, 3.05) is 5.32 Å². The third-order valence-electron chi connectivity index (χ3n) is 5.25. The van der Waals surface area contributed by atoms with Crippen molar-refractivity contribution in [1.82, 2.24) is 9.97 Å². The Morgan fingerprint density at radius 3 is 2.60 bits per heavy atom. The summed E-state index contributed by atoms with van der Waals surface area (Å²) in [5, 5.41) is 13.2. The van der Waals surface area contributed by atoms with Crippen LogP contribution in [0.1, 0.15) is 16.8 Å². The highest BCUT2D eigenvalue weighted by atomic mass is 35.5. The van der Waals surface area contributed by atoms with Crippen LogP contribution in [0.3, 0.4) is 0 Å². The molecule has 1 aromatic heterocycles. The molecule has 5 rings (SSSR count). The van der Waals surface area contributed by atoms with Gasteiger partial charge in [-0.15, -0.1) is 0 Å². The smallest absolute Gasteiger partial charge is 0.228 e. The van der Waals surface area contributed by atoms with Crippen molar-refractivity contribution in [3.8, 4) is 28.5 Å². The van der Waals surface area contributed by atoms with Gasteiger partial charge in [-0.05, 0) is 54.3 Å². The molecule has 1 aliphatic carbocycles. The summed E-state index contributed by atoms with van der Waals surface area (Å²) in [6.07, 6.45) is 1.70. The fraction of sp³-hybridized carbons (Fsp3) is 0.0800. The van der Waals surface area contributed by atoms with Crippen molar-refractivity contribution in [2.45, 2.75) is 12.8 Å². The second-order valence-corrected chi connectivity index (χ2v) is 7.64. The number of nitrogens with one attached hydrogen (secondary N) is 1. The monoisotopic (exact) mass is 408 g/mol. The van der Waals surface area contributed by atoms with E-state index in [9.17, 15) is 5.26 Å². The van der Waals surface area contributed by atoms with Crippen LogP contribution in [0.5, 0.6) is 0 Å². The van der Waals surface area contributed by atoms with E-state index in [4.69, 9.17) is 21.6 Å². The molecule has 0 bridgehead atoms. The van der Waals surface area contributed by atoms with Crippen LogP contribution in [0.15, 0.2) is 72.8 Å². The van der Waals surface area contributed by atoms with Gasteiger partial charge in [-0.25, -0.2) is 9.97 Å². The summed E-state index contributed by atoms with van der Waals surface area (Å²) in [6, 6.07) is 25.7. The topological polar surface area (TPSA) is 61.6 Å². The number of benzene rings is 3. The molecule has 0 saturated carbocycles. The number of rotatable bonds is 3. The first-order valence-corrected chi connectivity index (χ1v) is 10.1. The van der Waals surface area contributed by atoms with Gasteiger partial charge in [0.1, 0.15) is 0 Å². The maximum absolute atomic E-state index is 9.17. The quantitative estimate of drug-likeness (QED) is 0.439. The highest BCUT2D eigenvalue weighted by Gasteiger charge is 2.24. The molecule has 1 N–H and O–H groups in total. The molecule has 4 aromatic rings. The summed E-state index contributed by atoms with van der Waals surface area (Å²) >= 11 is 6.24. The fourth-order valence-electron chi connectivity index (χ4n) is 3.89. The van der Waals surface area contributed by atoms with Crippen molar-refractivity contribution in [3.05, 3.63) is 94.6 Å². The fourth-order valence-corrected chi connectivity index (χ4v) is 4.09. The number of fused-ring (bicyclic) bond motifs is 3. The Morgan fingerprint density at radius 1 is 0.900 bits per heavy atom. The first-order valence-electron chi connectivity index (χ1n) is 9.73. The lowest BCUT2D eigenvalue weighted by Crippen LogP contribution is -2.11. The third-order valence-corrected chi connectivity index (χ3v) is 5.48. The number of aryl methyl sites for hydroxylation is 2. The Balaban J connectivity index is 1.68. The highest BCUT2D eigenvalue weighted by Crippen LogP contribution is 2.40. The van der Waals surface area contributed by atoms with Gasteiger partial charge >= 0.3 is 0 Å². The van der Waals surface area contributed by atoms with Gasteiger partial charge in [0.15, 0.2) is 0 Å². The first-order chi connectivity index (χ1) is 14.7. The Bertz CT molecular complexity index is 1290. The van der Waals surface area contributed by atoms with Crippen molar-refractivity contribution in [3.63, 3.8) is 0 Å². The van der Waals surface area contributed by atoms with Gasteiger partial charge in [0.2, 0.25) is 5.95 Å². The molecule has 1 heterocycles. The minimum Gasteiger partial charge on any atom is -0.324 e. The maximum atomic E-state index is 9.17. The standard InChI is InChI=1S/C25H17ClN4/c26-19-10-11-21-18(14-19)9-12-22-23(21)24(17-6-2-1-3-7-17)30-25(29-22)28-20-8-4-5-16(13-20)15-27/h1-8,10-11,13-14H,9,12H2,(H,28,29,30). The van der Waals surface area contributed by atoms with Crippen molar-refractivity contribution < 1.29 is 0 Å². The predicted molar refractivity (Wildman–Crippen MR) is 120 cm³/mol. The maximum Gasteiger partial charge on any atom is 0.228 e. The van der Waals surface area contributed by atoms with E-state index in [-0.39, 0.29) is 0 Å². The number of nitrogens with zero attached hydrogens (tertiary/aromatic N) is 3. The second-order valence-electron chi connectivity index (χ2n) is 7.20. The van der Waals surface area contributed by atoms with E-state index in [1.54, 1.807) is 12.1 Å². The van der Waals surface area contributed by atoms with E-state index in [1.807, 2.05) is 42.5 Å². The molecule has 3 aromatic carbocycles. The predicted octanol–water partition coefficient (Wildman–Crippen LogP) is 6.18. The van der Waals surface area contributed by atoms with Crippen LogP contribution < -0.4 is 5.32 Å². The highest BCUT2D eigenvalue weighted by molar-refractivity contribution is 6.30. The molecule has 0 fully saturated rings. The largest absolute Gasteiger partial charge is 0.324 e. The van der Waals surface area contributed by atoms with E-state index in [1.165, 1.54) is 5.56 Å². The van der Waals surface area contributed by atoms with E-state index < -0.39 is 0 Å². The number of nitriles is 1. The summed E-state index contributed by atoms with van der Waals surface area (Å²) in [7, 11) is 0. The molecule has 5 heteroatoms. The summed E-state index contributed by atoms with van der Waals surface area (Å²) in [5.41, 5.74) is 7.74. The van der Waals surface area contributed by atoms with Gasteiger partial charge in [0.25, 0.3) is 0 Å². The van der Waals surface area contributed by atoms with Crippen LogP contribution in [0.4, 0.5) is 11.6 Å². The first kappa shape index (κ1) is 18.4. The molecule has 0 atom stereocenters. The average molecular weight is 409 g/mol. The molecule has 1 aliphatic rings. The van der Waals surface area contributed by atoms with E-state index in [0.717, 1.165) is 51.6 Å². The van der Waals surface area contributed by atoms with E-state index >= 15 is 0 Å². The molecule has 0 radical (unpaired) electrons. The van der Waals surface area contributed by atoms with Crippen LogP contribution in [-0.4, -0.2) is 9.97 Å². The zero-order valence-corrected chi connectivity index (χ0v) is 16.8. The summed E-state index contributed by atoms with van der Waals surface area (Å²) in [6.45, 7) is 0. The third kappa shape index (κ3) is 3.41. The molecule has 0 saturated heterocycles. The molecular formula is C25H17ClN4. The molecule has 0 unspecified atom stereocenters. The molecule has 30 heavy (non-hydrogen) atoms. The van der Waals surface area contributed by atoms with Gasteiger partial charge < -0.3 is 5.32 Å². The molecular weight excluding hydrogens is 392 g/mol. The number of hydrogen-bond acceptors (Lipinski definition) is 4. The zero-order valence-electron chi connectivity index (χ0n) is 16.1. The summed E-state index contributed by atoms with van der Waals surface area (Å²) < 4.78 is 0. The number of aromatic nitrogens is 2. The van der Waals surface area contributed by atoms with Crippen LogP contribution in [0.25, 0.3) is 22.4 Å². The summed E-state index contributed by atoms with van der Waals surface area (Å²) in [4.78, 5) is 9.72. The second kappa shape index (κ2) is 7.62. The van der Waals surface area contributed by atoms with Gasteiger partial charge in [-0.2, -0.15) is 5.26 Å². The average Bonchev–Trinajstić information content (AvgIpc) is 2.79. The molecule has 0 spiro atoms. The Kier molecular flexibility index (Phi) is 4.66. The Labute approximate surface area is 179 Å². The van der Waals surface area contributed by atoms with Crippen molar-refractivity contribution >= 4 is 23.2 Å². The van der Waals surface area contributed by atoms with Crippen LogP contribution >= 0.6 is 11.6 Å². The molecule has 4 nitrogen and oxygen atoms in total.